The lowest BCUT2D eigenvalue weighted by Crippen LogP contribution is -2.38. The van der Waals surface area contributed by atoms with Crippen molar-refractivity contribution < 1.29 is 36.6 Å². The molecule has 0 radical (unpaired) electrons. The van der Waals surface area contributed by atoms with Crippen LogP contribution in [0.5, 0.6) is 11.5 Å². The molecule has 0 spiro atoms. The van der Waals surface area contributed by atoms with Crippen LogP contribution in [-0.4, -0.2) is 25.3 Å². The number of ether oxygens (including phenoxy) is 3. The summed E-state index contributed by atoms with van der Waals surface area (Å²) in [5.41, 5.74) is -1.63. The van der Waals surface area contributed by atoms with E-state index in [1.807, 2.05) is 0 Å². The number of hydrogen-bond donors (Lipinski definition) is 0. The minimum absolute atomic E-state index is 0.00812. The lowest BCUT2D eigenvalue weighted by Gasteiger charge is -2.37. The van der Waals surface area contributed by atoms with Gasteiger partial charge in [-0.3, -0.25) is 4.79 Å². The highest BCUT2D eigenvalue weighted by Gasteiger charge is 2.41. The Hall–Kier alpha value is -1.83. The largest absolute Gasteiger partial charge is 0.491 e. The fraction of sp³-hybridized carbons (Fsp3) is 0.708. The SMILES string of the molecule is CCCC1CCC(C2CCC(C(=O)Oc3ccc(OCC)c(F)c3C(F)(F)F)CO2)CC1. The Bertz CT molecular complexity index is 764. The molecule has 0 aromatic heterocycles. The Labute approximate surface area is 186 Å². The molecule has 32 heavy (non-hydrogen) atoms. The van der Waals surface area contributed by atoms with Crippen molar-refractivity contribution in [2.24, 2.45) is 17.8 Å². The van der Waals surface area contributed by atoms with Crippen LogP contribution in [0.15, 0.2) is 12.1 Å². The van der Waals surface area contributed by atoms with Crippen LogP contribution in [-0.2, 0) is 15.7 Å². The second-order valence-corrected chi connectivity index (χ2v) is 8.82. The standard InChI is InChI=1S/C24H32F4O4/c1-3-5-15-6-8-16(9-7-15)18-11-10-17(14-31-18)23(29)32-19-12-13-20(30-4-2)22(25)21(19)24(26,27)28/h12-13,15-18H,3-11,14H2,1-2H3. The van der Waals surface area contributed by atoms with Gasteiger partial charge in [-0.05, 0) is 56.6 Å². The van der Waals surface area contributed by atoms with Crippen LogP contribution in [0.3, 0.4) is 0 Å². The van der Waals surface area contributed by atoms with Crippen molar-refractivity contribution in [1.29, 1.82) is 0 Å². The zero-order chi connectivity index (χ0) is 23.3. The number of benzene rings is 1. The second kappa shape index (κ2) is 10.9. The Balaban J connectivity index is 1.59. The molecule has 1 saturated carbocycles. The average Bonchev–Trinajstić information content (AvgIpc) is 2.76. The lowest BCUT2D eigenvalue weighted by molar-refractivity contribution is -0.151. The van der Waals surface area contributed by atoms with Gasteiger partial charge in [-0.1, -0.05) is 32.6 Å². The van der Waals surface area contributed by atoms with Gasteiger partial charge in [0.1, 0.15) is 11.3 Å². The number of alkyl halides is 3. The molecule has 0 N–H and O–H groups in total. The third-order valence-electron chi connectivity index (χ3n) is 6.62. The smallest absolute Gasteiger partial charge is 0.422 e. The van der Waals surface area contributed by atoms with Gasteiger partial charge in [-0.2, -0.15) is 13.2 Å². The zero-order valence-electron chi connectivity index (χ0n) is 18.7. The van der Waals surface area contributed by atoms with Crippen LogP contribution >= 0.6 is 0 Å². The van der Waals surface area contributed by atoms with E-state index in [0.29, 0.717) is 18.8 Å². The molecule has 2 unspecified atom stereocenters. The van der Waals surface area contributed by atoms with Crippen LogP contribution in [0.4, 0.5) is 17.6 Å². The first-order valence-electron chi connectivity index (χ1n) is 11.6. The summed E-state index contributed by atoms with van der Waals surface area (Å²) in [6.07, 6.45) is 3.31. The fourth-order valence-electron chi connectivity index (χ4n) is 4.93. The predicted molar refractivity (Wildman–Crippen MR) is 111 cm³/mol. The van der Waals surface area contributed by atoms with Crippen molar-refractivity contribution in [3.05, 3.63) is 23.5 Å². The van der Waals surface area contributed by atoms with E-state index < -0.39 is 40.9 Å². The van der Waals surface area contributed by atoms with Gasteiger partial charge in [0.25, 0.3) is 0 Å². The number of hydrogen-bond acceptors (Lipinski definition) is 4. The average molecular weight is 461 g/mol. The first kappa shape index (κ1) is 24.8. The first-order chi connectivity index (χ1) is 15.2. The maximum atomic E-state index is 14.4. The first-order valence-corrected chi connectivity index (χ1v) is 11.6. The monoisotopic (exact) mass is 460 g/mol. The maximum Gasteiger partial charge on any atom is 0.422 e. The lowest BCUT2D eigenvalue weighted by atomic mass is 9.76. The van der Waals surface area contributed by atoms with Crippen LogP contribution in [0.2, 0.25) is 0 Å². The third kappa shape index (κ3) is 5.94. The van der Waals surface area contributed by atoms with E-state index in [1.165, 1.54) is 32.6 Å². The highest BCUT2D eigenvalue weighted by atomic mass is 19.4. The molecule has 3 rings (SSSR count). The molecular formula is C24H32F4O4. The minimum atomic E-state index is -5.03. The summed E-state index contributed by atoms with van der Waals surface area (Å²) in [5.74, 6) is -3.19. The zero-order valence-corrected chi connectivity index (χ0v) is 18.7. The van der Waals surface area contributed by atoms with Gasteiger partial charge in [0.15, 0.2) is 11.6 Å². The molecule has 8 heteroatoms. The van der Waals surface area contributed by atoms with Gasteiger partial charge >= 0.3 is 12.1 Å². The van der Waals surface area contributed by atoms with Crippen molar-refractivity contribution in [3.8, 4) is 11.5 Å². The number of halogens is 4. The molecule has 1 aliphatic carbocycles. The molecule has 1 heterocycles. The van der Waals surface area contributed by atoms with E-state index in [4.69, 9.17) is 14.2 Å². The molecule has 180 valence electrons. The molecule has 1 aromatic rings. The highest BCUT2D eigenvalue weighted by molar-refractivity contribution is 5.76. The summed E-state index contributed by atoms with van der Waals surface area (Å²) in [5, 5.41) is 0. The molecule has 2 atom stereocenters. The van der Waals surface area contributed by atoms with E-state index >= 15 is 0 Å². The van der Waals surface area contributed by atoms with E-state index in [-0.39, 0.29) is 19.3 Å². The topological polar surface area (TPSA) is 44.8 Å². The van der Waals surface area contributed by atoms with Gasteiger partial charge in [0.2, 0.25) is 0 Å². The second-order valence-electron chi connectivity index (χ2n) is 8.82. The highest BCUT2D eigenvalue weighted by Crippen LogP contribution is 2.42. The Morgan fingerprint density at radius 3 is 2.31 bits per heavy atom. The summed E-state index contributed by atoms with van der Waals surface area (Å²) in [6.45, 7) is 3.86. The fourth-order valence-corrected chi connectivity index (χ4v) is 4.93. The van der Waals surface area contributed by atoms with Gasteiger partial charge in [0.05, 0.1) is 25.2 Å². The van der Waals surface area contributed by atoms with Gasteiger partial charge in [-0.25, -0.2) is 4.39 Å². The number of carbonyl (C=O) groups is 1. The summed E-state index contributed by atoms with van der Waals surface area (Å²) in [7, 11) is 0. The summed E-state index contributed by atoms with van der Waals surface area (Å²) in [4.78, 5) is 12.5. The van der Waals surface area contributed by atoms with Crippen LogP contribution < -0.4 is 9.47 Å². The van der Waals surface area contributed by atoms with Crippen molar-refractivity contribution >= 4 is 5.97 Å². The molecular weight excluding hydrogens is 428 g/mol. The van der Waals surface area contributed by atoms with E-state index in [1.54, 1.807) is 0 Å². The quantitative estimate of drug-likeness (QED) is 0.263. The minimum Gasteiger partial charge on any atom is -0.491 e. The van der Waals surface area contributed by atoms with Crippen molar-refractivity contribution in [2.45, 2.75) is 77.5 Å². The Morgan fingerprint density at radius 1 is 1.06 bits per heavy atom. The summed E-state index contributed by atoms with van der Waals surface area (Å²) in [6, 6.07) is 1.97. The molecule has 1 aromatic carbocycles. The van der Waals surface area contributed by atoms with Crippen molar-refractivity contribution in [2.75, 3.05) is 13.2 Å². The molecule has 2 aliphatic rings. The maximum absolute atomic E-state index is 14.4. The number of rotatable bonds is 7. The van der Waals surface area contributed by atoms with Crippen LogP contribution in [0.25, 0.3) is 0 Å². The molecule has 0 amide bonds. The van der Waals surface area contributed by atoms with E-state index in [2.05, 4.69) is 6.92 Å². The third-order valence-corrected chi connectivity index (χ3v) is 6.62. The van der Waals surface area contributed by atoms with Crippen molar-refractivity contribution in [3.63, 3.8) is 0 Å². The molecule has 1 aliphatic heterocycles. The number of esters is 1. The summed E-state index contributed by atoms with van der Waals surface area (Å²) < 4.78 is 70.6. The van der Waals surface area contributed by atoms with Crippen molar-refractivity contribution in [1.82, 2.24) is 0 Å². The molecule has 2 fully saturated rings. The molecule has 1 saturated heterocycles. The van der Waals surface area contributed by atoms with E-state index in [0.717, 1.165) is 30.9 Å². The molecule has 4 nitrogen and oxygen atoms in total. The number of carbonyl (C=O) groups excluding carboxylic acids is 1. The van der Waals surface area contributed by atoms with Gasteiger partial charge < -0.3 is 14.2 Å². The summed E-state index contributed by atoms with van der Waals surface area (Å²) >= 11 is 0. The van der Waals surface area contributed by atoms with Crippen LogP contribution in [0, 0.1) is 23.6 Å². The predicted octanol–water partition coefficient (Wildman–Crippen LogP) is 6.55. The Morgan fingerprint density at radius 2 is 1.75 bits per heavy atom. The normalized spacial score (nSPS) is 26.6. The van der Waals surface area contributed by atoms with Crippen LogP contribution in [0.1, 0.15) is 70.8 Å². The van der Waals surface area contributed by atoms with Gasteiger partial charge in [-0.15, -0.1) is 0 Å². The Kier molecular flexibility index (Phi) is 8.42. The van der Waals surface area contributed by atoms with Gasteiger partial charge in [0, 0.05) is 0 Å². The molecule has 0 bridgehead atoms. The van der Waals surface area contributed by atoms with E-state index in [9.17, 15) is 22.4 Å².